The van der Waals surface area contributed by atoms with Crippen LogP contribution < -0.4 is 9.84 Å². The summed E-state index contributed by atoms with van der Waals surface area (Å²) in [4.78, 5) is 62.0. The summed E-state index contributed by atoms with van der Waals surface area (Å²) in [5.41, 5.74) is 3.00. The van der Waals surface area contributed by atoms with Crippen LogP contribution in [0.5, 0.6) is 5.75 Å². The summed E-state index contributed by atoms with van der Waals surface area (Å²) in [6.45, 7) is 8.95. The number of hydrogen-bond donors (Lipinski definition) is 3. The van der Waals surface area contributed by atoms with E-state index in [1.165, 1.54) is 23.8 Å². The lowest BCUT2D eigenvalue weighted by Gasteiger charge is -2.37. The summed E-state index contributed by atoms with van der Waals surface area (Å²) in [5.74, 6) is -0.780. The molecule has 2 heterocycles. The van der Waals surface area contributed by atoms with Crippen LogP contribution in [0.2, 0.25) is 0 Å². The maximum Gasteiger partial charge on any atom is 0.524 e. The standard InChI is InChI=1S/C30H38N3O7P/c1-20(21-11-13-24(14-12-21)40-41(37,38)39)18-26(34)31-27(30(2,3)4)29(36)33-16-7-10-25(33)28(35)32-17-15-22-8-5-6-9-23(22)19-32/h5-6,8-9,11-14,18,25,27H,7,10,15-17,19H2,1-4H3,(H,31,34)(H2,37,38,39)/b20-18+/t25-,27+/m0/s1. The van der Waals surface area contributed by atoms with E-state index < -0.39 is 31.2 Å². The number of nitrogens with zero attached hydrogens (tertiary/aromatic N) is 2. The lowest BCUT2D eigenvalue weighted by atomic mass is 9.85. The van der Waals surface area contributed by atoms with E-state index in [1.807, 2.05) is 43.9 Å². The minimum absolute atomic E-state index is 0.00112. The van der Waals surface area contributed by atoms with Crippen LogP contribution in [-0.2, 0) is 31.9 Å². The zero-order valence-corrected chi connectivity index (χ0v) is 24.8. The van der Waals surface area contributed by atoms with Crippen molar-refractivity contribution in [3.63, 3.8) is 0 Å². The second-order valence-electron chi connectivity index (χ2n) is 11.7. The normalized spacial score (nSPS) is 18.5. The third-order valence-electron chi connectivity index (χ3n) is 7.54. The molecule has 1 saturated heterocycles. The van der Waals surface area contributed by atoms with Gasteiger partial charge in [-0.3, -0.25) is 24.2 Å². The number of allylic oxidation sites excluding steroid dienone is 1. The number of fused-ring (bicyclic) bond motifs is 1. The molecule has 2 aromatic carbocycles. The third-order valence-corrected chi connectivity index (χ3v) is 7.99. The first-order chi connectivity index (χ1) is 19.2. The molecule has 0 bridgehead atoms. The smallest absolute Gasteiger partial charge is 0.404 e. The number of phosphoric ester groups is 1. The third kappa shape index (κ3) is 7.64. The van der Waals surface area contributed by atoms with E-state index in [4.69, 9.17) is 9.79 Å². The molecule has 0 saturated carbocycles. The van der Waals surface area contributed by atoms with Crippen molar-refractivity contribution in [2.45, 2.75) is 65.6 Å². The van der Waals surface area contributed by atoms with Crippen LogP contribution in [-0.4, -0.2) is 62.5 Å². The molecule has 0 aliphatic carbocycles. The highest BCUT2D eigenvalue weighted by molar-refractivity contribution is 7.46. The van der Waals surface area contributed by atoms with E-state index in [-0.39, 0.29) is 17.6 Å². The molecule has 3 amide bonds. The van der Waals surface area contributed by atoms with E-state index >= 15 is 0 Å². The minimum atomic E-state index is -4.67. The number of carbonyl (C=O) groups excluding carboxylic acids is 3. The van der Waals surface area contributed by atoms with Crippen LogP contribution >= 0.6 is 7.82 Å². The van der Waals surface area contributed by atoms with Crippen LogP contribution in [0.15, 0.2) is 54.6 Å². The van der Waals surface area contributed by atoms with Gasteiger partial charge >= 0.3 is 7.82 Å². The van der Waals surface area contributed by atoms with Gasteiger partial charge in [0.1, 0.15) is 17.8 Å². The number of carbonyl (C=O) groups is 3. The van der Waals surface area contributed by atoms with Crippen LogP contribution in [0.3, 0.4) is 0 Å². The first kappa shape index (κ1) is 30.5. The summed E-state index contributed by atoms with van der Waals surface area (Å²) in [6.07, 6.45) is 3.48. The molecular weight excluding hydrogens is 545 g/mol. The molecule has 2 atom stereocenters. The SMILES string of the molecule is C/C(=C\C(=O)N[C@H](C(=O)N1CCC[C@H]1C(=O)N1CCc2ccccc2C1)C(C)(C)C)c1ccc(OP(=O)(O)O)cc1. The molecule has 0 aromatic heterocycles. The van der Waals surface area contributed by atoms with Gasteiger partial charge < -0.3 is 19.6 Å². The molecule has 0 spiro atoms. The van der Waals surface area contributed by atoms with Crippen molar-refractivity contribution in [2.75, 3.05) is 13.1 Å². The molecule has 11 heteroatoms. The van der Waals surface area contributed by atoms with Crippen molar-refractivity contribution < 1.29 is 33.3 Å². The number of likely N-dealkylation sites (tertiary alicyclic amines) is 1. The van der Waals surface area contributed by atoms with Crippen LogP contribution in [0, 0.1) is 5.41 Å². The van der Waals surface area contributed by atoms with Crippen molar-refractivity contribution in [3.05, 3.63) is 71.3 Å². The van der Waals surface area contributed by atoms with Crippen molar-refractivity contribution in [1.29, 1.82) is 0 Å². The molecule has 4 rings (SSSR count). The highest BCUT2D eigenvalue weighted by Gasteiger charge is 2.43. The number of hydrogen-bond acceptors (Lipinski definition) is 5. The molecule has 1 fully saturated rings. The summed E-state index contributed by atoms with van der Waals surface area (Å²) >= 11 is 0. The summed E-state index contributed by atoms with van der Waals surface area (Å²) in [7, 11) is -4.67. The molecule has 0 radical (unpaired) electrons. The number of phosphoric acid groups is 1. The zero-order chi connectivity index (χ0) is 29.9. The Morgan fingerprint density at radius 3 is 2.34 bits per heavy atom. The maximum atomic E-state index is 13.9. The molecule has 2 aliphatic rings. The number of benzene rings is 2. The second kappa shape index (κ2) is 12.2. The van der Waals surface area contributed by atoms with Gasteiger partial charge in [0.25, 0.3) is 0 Å². The Balaban J connectivity index is 1.45. The number of rotatable bonds is 7. The number of amides is 3. The average molecular weight is 584 g/mol. The molecule has 3 N–H and O–H groups in total. The maximum absolute atomic E-state index is 13.9. The molecule has 10 nitrogen and oxygen atoms in total. The minimum Gasteiger partial charge on any atom is -0.404 e. The summed E-state index contributed by atoms with van der Waals surface area (Å²) in [5, 5.41) is 2.87. The van der Waals surface area contributed by atoms with Gasteiger partial charge in [0.15, 0.2) is 0 Å². The molecule has 220 valence electrons. The van der Waals surface area contributed by atoms with Gasteiger partial charge in [-0.15, -0.1) is 0 Å². The Hall–Kier alpha value is -3.46. The quantitative estimate of drug-likeness (QED) is 0.334. The lowest BCUT2D eigenvalue weighted by molar-refractivity contribution is -0.147. The Kier molecular flexibility index (Phi) is 9.07. The predicted octanol–water partition coefficient (Wildman–Crippen LogP) is 3.67. The van der Waals surface area contributed by atoms with Crippen LogP contribution in [0.4, 0.5) is 0 Å². The lowest BCUT2D eigenvalue weighted by Crippen LogP contribution is -2.58. The van der Waals surface area contributed by atoms with Gasteiger partial charge in [0, 0.05) is 25.7 Å². The monoisotopic (exact) mass is 583 g/mol. The van der Waals surface area contributed by atoms with Crippen molar-refractivity contribution in [1.82, 2.24) is 15.1 Å². The summed E-state index contributed by atoms with van der Waals surface area (Å²) < 4.78 is 15.6. The van der Waals surface area contributed by atoms with Gasteiger partial charge in [-0.1, -0.05) is 57.2 Å². The number of nitrogens with one attached hydrogen (secondary N) is 1. The van der Waals surface area contributed by atoms with Crippen LogP contribution in [0.1, 0.15) is 57.2 Å². The van der Waals surface area contributed by atoms with Gasteiger partial charge in [-0.05, 0) is 66.0 Å². The van der Waals surface area contributed by atoms with E-state index in [2.05, 4.69) is 15.9 Å². The van der Waals surface area contributed by atoms with Gasteiger partial charge in [0.2, 0.25) is 17.7 Å². The Bertz CT molecular complexity index is 1380. The fraction of sp³-hybridized carbons (Fsp3) is 0.433. The van der Waals surface area contributed by atoms with E-state index in [1.54, 1.807) is 24.0 Å². The van der Waals surface area contributed by atoms with Crippen molar-refractivity contribution in [3.8, 4) is 5.75 Å². The van der Waals surface area contributed by atoms with Crippen molar-refractivity contribution in [2.24, 2.45) is 5.41 Å². The second-order valence-corrected chi connectivity index (χ2v) is 12.9. The Morgan fingerprint density at radius 2 is 1.71 bits per heavy atom. The highest BCUT2D eigenvalue weighted by Crippen LogP contribution is 2.37. The van der Waals surface area contributed by atoms with Crippen LogP contribution in [0.25, 0.3) is 5.57 Å². The Morgan fingerprint density at radius 1 is 1.05 bits per heavy atom. The van der Waals surface area contributed by atoms with Gasteiger partial charge in [-0.2, -0.15) is 0 Å². The van der Waals surface area contributed by atoms with Gasteiger partial charge in [0.05, 0.1) is 0 Å². The highest BCUT2D eigenvalue weighted by atomic mass is 31.2. The first-order valence-corrected chi connectivity index (χ1v) is 15.3. The molecule has 41 heavy (non-hydrogen) atoms. The first-order valence-electron chi connectivity index (χ1n) is 13.7. The summed E-state index contributed by atoms with van der Waals surface area (Å²) in [6, 6.07) is 12.7. The predicted molar refractivity (Wildman–Crippen MR) is 154 cm³/mol. The van der Waals surface area contributed by atoms with E-state index in [0.29, 0.717) is 37.2 Å². The molecule has 0 unspecified atom stereocenters. The molecule has 2 aliphatic heterocycles. The average Bonchev–Trinajstić information content (AvgIpc) is 3.39. The van der Waals surface area contributed by atoms with Crippen molar-refractivity contribution >= 4 is 31.1 Å². The molecule has 2 aromatic rings. The molecular formula is C30H38N3O7P. The fourth-order valence-corrected chi connectivity index (χ4v) is 5.77. The largest absolute Gasteiger partial charge is 0.524 e. The zero-order valence-electron chi connectivity index (χ0n) is 23.9. The van der Waals surface area contributed by atoms with E-state index in [9.17, 15) is 18.9 Å². The van der Waals surface area contributed by atoms with E-state index in [0.717, 1.165) is 18.4 Å². The van der Waals surface area contributed by atoms with Gasteiger partial charge in [-0.25, -0.2) is 4.57 Å². The Labute approximate surface area is 240 Å². The topological polar surface area (TPSA) is 136 Å². The fourth-order valence-electron chi connectivity index (χ4n) is 5.38.